The first-order valence-electron chi connectivity index (χ1n) is 5.71. The molecule has 0 aromatic heterocycles. The first-order chi connectivity index (χ1) is 8.01. The van der Waals surface area contributed by atoms with Gasteiger partial charge in [0.15, 0.2) is 0 Å². The van der Waals surface area contributed by atoms with E-state index in [1.165, 1.54) is 7.05 Å². The Morgan fingerprint density at radius 3 is 2.53 bits per heavy atom. The number of carbonyl (C=O) groups excluding carboxylic acids is 3. The van der Waals surface area contributed by atoms with Gasteiger partial charge in [0, 0.05) is 7.05 Å². The highest BCUT2D eigenvalue weighted by atomic mass is 16.5. The third-order valence-electron chi connectivity index (χ3n) is 2.84. The molecule has 0 N–H and O–H groups in total. The molecule has 2 amide bonds. The van der Waals surface area contributed by atoms with Gasteiger partial charge in [-0.05, 0) is 13.5 Å². The Labute approximate surface area is 101 Å². The van der Waals surface area contributed by atoms with Gasteiger partial charge in [-0.2, -0.15) is 0 Å². The number of likely N-dealkylation sites (N-methyl/N-ethyl adjacent to an activating group) is 2. The number of ether oxygens (including phenoxy) is 1. The molecule has 6 nitrogen and oxygen atoms in total. The Balaban J connectivity index is 2.65. The van der Waals surface area contributed by atoms with E-state index in [0.717, 1.165) is 4.90 Å². The topological polar surface area (TPSA) is 66.9 Å². The molecule has 0 spiro atoms. The van der Waals surface area contributed by atoms with E-state index < -0.39 is 6.04 Å². The predicted molar refractivity (Wildman–Crippen MR) is 60.1 cm³/mol. The smallest absolute Gasteiger partial charge is 0.320 e. The lowest BCUT2D eigenvalue weighted by Gasteiger charge is -2.24. The molecule has 1 unspecified atom stereocenters. The van der Waals surface area contributed by atoms with E-state index in [1.807, 2.05) is 6.92 Å². The molecule has 1 aliphatic heterocycles. The fraction of sp³-hybridized carbons (Fsp3) is 0.727. The van der Waals surface area contributed by atoms with Crippen LogP contribution in [0.1, 0.15) is 20.3 Å². The number of amides is 2. The maximum absolute atomic E-state index is 11.8. The SMILES string of the molecule is CCOC(=O)CN(CC)C1CC(=O)N(C)C1=O. The molecule has 1 atom stereocenters. The summed E-state index contributed by atoms with van der Waals surface area (Å²) in [7, 11) is 1.46. The van der Waals surface area contributed by atoms with Crippen LogP contribution in [-0.4, -0.2) is 60.4 Å². The average molecular weight is 242 g/mol. The van der Waals surface area contributed by atoms with Gasteiger partial charge in [-0.15, -0.1) is 0 Å². The van der Waals surface area contributed by atoms with Crippen molar-refractivity contribution >= 4 is 17.8 Å². The maximum Gasteiger partial charge on any atom is 0.320 e. The van der Waals surface area contributed by atoms with Crippen LogP contribution in [0.4, 0.5) is 0 Å². The van der Waals surface area contributed by atoms with Gasteiger partial charge in [-0.1, -0.05) is 6.92 Å². The molecule has 96 valence electrons. The molecule has 1 fully saturated rings. The van der Waals surface area contributed by atoms with Crippen LogP contribution < -0.4 is 0 Å². The second kappa shape index (κ2) is 5.77. The molecule has 1 heterocycles. The van der Waals surface area contributed by atoms with E-state index >= 15 is 0 Å². The summed E-state index contributed by atoms with van der Waals surface area (Å²) < 4.78 is 4.83. The highest BCUT2D eigenvalue weighted by molar-refractivity contribution is 6.05. The molecule has 0 saturated carbocycles. The van der Waals surface area contributed by atoms with Crippen molar-refractivity contribution in [1.29, 1.82) is 0 Å². The first kappa shape index (κ1) is 13.6. The van der Waals surface area contributed by atoms with Crippen molar-refractivity contribution in [3.63, 3.8) is 0 Å². The molecule has 1 saturated heterocycles. The van der Waals surface area contributed by atoms with Gasteiger partial charge in [0.2, 0.25) is 11.8 Å². The van der Waals surface area contributed by atoms with Crippen LogP contribution in [0, 0.1) is 0 Å². The minimum Gasteiger partial charge on any atom is -0.465 e. The number of likely N-dealkylation sites (tertiary alicyclic amines) is 1. The lowest BCUT2D eigenvalue weighted by atomic mass is 10.2. The van der Waals surface area contributed by atoms with Gasteiger partial charge in [-0.25, -0.2) is 0 Å². The maximum atomic E-state index is 11.8. The minimum atomic E-state index is -0.526. The third-order valence-corrected chi connectivity index (χ3v) is 2.84. The van der Waals surface area contributed by atoms with Crippen molar-refractivity contribution in [2.45, 2.75) is 26.3 Å². The molecule has 1 aliphatic rings. The Bertz CT molecular complexity index is 329. The average Bonchev–Trinajstić information content (AvgIpc) is 2.54. The quantitative estimate of drug-likeness (QED) is 0.486. The summed E-state index contributed by atoms with van der Waals surface area (Å²) in [5.74, 6) is -0.826. The van der Waals surface area contributed by atoms with Crippen molar-refractivity contribution < 1.29 is 19.1 Å². The second-order valence-corrected chi connectivity index (χ2v) is 3.88. The molecular weight excluding hydrogens is 224 g/mol. The molecule has 0 aliphatic carbocycles. The zero-order valence-electron chi connectivity index (χ0n) is 10.4. The van der Waals surface area contributed by atoms with Gasteiger partial charge in [0.25, 0.3) is 0 Å². The molecule has 17 heavy (non-hydrogen) atoms. The van der Waals surface area contributed by atoms with E-state index in [0.29, 0.717) is 13.2 Å². The summed E-state index contributed by atoms with van der Waals surface area (Å²) in [6.45, 7) is 4.45. The van der Waals surface area contributed by atoms with E-state index in [1.54, 1.807) is 11.8 Å². The lowest BCUT2D eigenvalue weighted by Crippen LogP contribution is -2.44. The van der Waals surface area contributed by atoms with E-state index in [9.17, 15) is 14.4 Å². The Morgan fingerprint density at radius 2 is 2.12 bits per heavy atom. The van der Waals surface area contributed by atoms with Crippen LogP contribution >= 0.6 is 0 Å². The molecule has 0 aromatic rings. The normalized spacial score (nSPS) is 20.2. The molecule has 6 heteroatoms. The molecule has 0 radical (unpaired) electrons. The van der Waals surface area contributed by atoms with Crippen LogP contribution in [0.25, 0.3) is 0 Å². The Hall–Kier alpha value is -1.43. The summed E-state index contributed by atoms with van der Waals surface area (Å²) >= 11 is 0. The second-order valence-electron chi connectivity index (χ2n) is 3.88. The van der Waals surface area contributed by atoms with E-state index in [2.05, 4.69) is 0 Å². The van der Waals surface area contributed by atoms with Crippen molar-refractivity contribution in [2.75, 3.05) is 26.7 Å². The largest absolute Gasteiger partial charge is 0.465 e. The van der Waals surface area contributed by atoms with Crippen LogP contribution in [0.3, 0.4) is 0 Å². The number of esters is 1. The Kier molecular flexibility index (Phi) is 4.62. The summed E-state index contributed by atoms with van der Waals surface area (Å²) in [5, 5.41) is 0. The molecule has 0 bridgehead atoms. The summed E-state index contributed by atoms with van der Waals surface area (Å²) in [4.78, 5) is 37.3. The summed E-state index contributed by atoms with van der Waals surface area (Å²) in [6, 6.07) is -0.526. The minimum absolute atomic E-state index is 0.0435. The van der Waals surface area contributed by atoms with E-state index in [-0.39, 0.29) is 30.7 Å². The molecule has 0 aromatic carbocycles. The first-order valence-corrected chi connectivity index (χ1v) is 5.71. The van der Waals surface area contributed by atoms with Crippen molar-refractivity contribution in [3.05, 3.63) is 0 Å². The van der Waals surface area contributed by atoms with Gasteiger partial charge in [0.1, 0.15) is 0 Å². The van der Waals surface area contributed by atoms with Crippen molar-refractivity contribution in [3.8, 4) is 0 Å². The van der Waals surface area contributed by atoms with Gasteiger partial charge in [0.05, 0.1) is 25.6 Å². The number of hydrogen-bond donors (Lipinski definition) is 0. The number of imide groups is 1. The standard InChI is InChI=1S/C11H18N2O4/c1-4-13(7-10(15)17-5-2)8-6-9(14)12(3)11(8)16/h8H,4-7H2,1-3H3. The monoisotopic (exact) mass is 242 g/mol. The van der Waals surface area contributed by atoms with Crippen LogP contribution in [-0.2, 0) is 19.1 Å². The zero-order chi connectivity index (χ0) is 13.0. The van der Waals surface area contributed by atoms with Crippen molar-refractivity contribution in [2.24, 2.45) is 0 Å². The predicted octanol–water partition coefficient (Wildman–Crippen LogP) is -0.371. The molecular formula is C11H18N2O4. The number of carbonyl (C=O) groups is 3. The zero-order valence-corrected chi connectivity index (χ0v) is 10.4. The van der Waals surface area contributed by atoms with Crippen LogP contribution in [0.15, 0.2) is 0 Å². The highest BCUT2D eigenvalue weighted by Gasteiger charge is 2.39. The number of rotatable bonds is 5. The van der Waals surface area contributed by atoms with Gasteiger partial charge >= 0.3 is 5.97 Å². The summed E-state index contributed by atoms with van der Waals surface area (Å²) in [6.07, 6.45) is 0.141. The fourth-order valence-electron chi connectivity index (χ4n) is 1.84. The highest BCUT2D eigenvalue weighted by Crippen LogP contribution is 2.16. The third kappa shape index (κ3) is 3.03. The lowest BCUT2D eigenvalue weighted by molar-refractivity contribution is -0.145. The van der Waals surface area contributed by atoms with Crippen molar-refractivity contribution in [1.82, 2.24) is 9.80 Å². The summed E-state index contributed by atoms with van der Waals surface area (Å²) in [5.41, 5.74) is 0. The Morgan fingerprint density at radius 1 is 1.47 bits per heavy atom. The number of hydrogen-bond acceptors (Lipinski definition) is 5. The van der Waals surface area contributed by atoms with Gasteiger partial charge in [-0.3, -0.25) is 24.2 Å². The molecule has 1 rings (SSSR count). The fourth-order valence-corrected chi connectivity index (χ4v) is 1.84. The number of nitrogens with zero attached hydrogens (tertiary/aromatic N) is 2. The van der Waals surface area contributed by atoms with Gasteiger partial charge < -0.3 is 4.74 Å². The van der Waals surface area contributed by atoms with Crippen LogP contribution in [0.2, 0.25) is 0 Å². The van der Waals surface area contributed by atoms with E-state index in [4.69, 9.17) is 4.74 Å². The van der Waals surface area contributed by atoms with Crippen LogP contribution in [0.5, 0.6) is 0 Å².